The van der Waals surface area contributed by atoms with Crippen molar-refractivity contribution in [2.45, 2.75) is 11.1 Å². The number of benzene rings is 1. The van der Waals surface area contributed by atoms with Crippen molar-refractivity contribution in [3.63, 3.8) is 0 Å². The monoisotopic (exact) mass is 303 g/mol. The molecule has 92 valence electrons. The fraction of sp³-hybridized carbons (Fsp3) is 0.125. The van der Waals surface area contributed by atoms with Crippen LogP contribution in [0.2, 0.25) is 5.02 Å². The summed E-state index contributed by atoms with van der Waals surface area (Å²) < 4.78 is 59.2. The topological polar surface area (TPSA) is 57.9 Å². The third kappa shape index (κ3) is 3.03. The van der Waals surface area contributed by atoms with Gasteiger partial charge in [0.2, 0.25) is 0 Å². The summed E-state index contributed by atoms with van der Waals surface area (Å²) in [6, 6.07) is 2.12. The van der Waals surface area contributed by atoms with Gasteiger partial charge in [0.25, 0.3) is 9.05 Å². The summed E-state index contributed by atoms with van der Waals surface area (Å²) in [7, 11) is 0.446. The number of rotatable bonds is 1. The molecule has 0 N–H and O–H groups in total. The maximum absolute atomic E-state index is 12.4. The Morgan fingerprint density at radius 2 is 1.82 bits per heavy atom. The Morgan fingerprint density at radius 3 is 2.18 bits per heavy atom. The lowest BCUT2D eigenvalue weighted by molar-refractivity contribution is -0.137. The second-order valence-electron chi connectivity index (χ2n) is 2.88. The summed E-state index contributed by atoms with van der Waals surface area (Å²) in [6.07, 6.45) is -4.78. The van der Waals surface area contributed by atoms with Crippen LogP contribution in [0.3, 0.4) is 0 Å². The molecule has 1 aromatic rings. The number of halogens is 5. The van der Waals surface area contributed by atoms with Crippen molar-refractivity contribution in [2.24, 2.45) is 0 Å². The smallest absolute Gasteiger partial charge is 0.207 e. The molecule has 0 spiro atoms. The second kappa shape index (κ2) is 4.37. The van der Waals surface area contributed by atoms with Gasteiger partial charge in [-0.3, -0.25) is 0 Å². The predicted octanol–water partition coefficient (Wildman–Crippen LogP) is 3.16. The lowest BCUT2D eigenvalue weighted by Crippen LogP contribution is -2.08. The maximum Gasteiger partial charge on any atom is 0.416 e. The third-order valence-electron chi connectivity index (χ3n) is 1.76. The normalized spacial score (nSPS) is 12.2. The van der Waals surface area contributed by atoms with Gasteiger partial charge in [0, 0.05) is 10.7 Å². The predicted molar refractivity (Wildman–Crippen MR) is 54.2 cm³/mol. The molecule has 0 aliphatic carbocycles. The van der Waals surface area contributed by atoms with Crippen LogP contribution in [0.4, 0.5) is 13.2 Å². The Balaban J connectivity index is 3.70. The molecule has 0 heterocycles. The highest BCUT2D eigenvalue weighted by atomic mass is 35.7. The SMILES string of the molecule is N#Cc1c(Cl)cc(C(F)(F)F)cc1S(=O)(=O)Cl. The lowest BCUT2D eigenvalue weighted by atomic mass is 10.1. The molecular weight excluding hydrogens is 302 g/mol. The Labute approximate surface area is 104 Å². The van der Waals surface area contributed by atoms with E-state index in [-0.39, 0.29) is 6.07 Å². The van der Waals surface area contributed by atoms with Crippen LogP contribution in [0.25, 0.3) is 0 Å². The van der Waals surface area contributed by atoms with Crippen molar-refractivity contribution in [3.8, 4) is 6.07 Å². The van der Waals surface area contributed by atoms with E-state index in [1.165, 1.54) is 6.07 Å². The van der Waals surface area contributed by atoms with Gasteiger partial charge >= 0.3 is 6.18 Å². The van der Waals surface area contributed by atoms with Crippen LogP contribution in [-0.4, -0.2) is 8.42 Å². The molecule has 17 heavy (non-hydrogen) atoms. The quantitative estimate of drug-likeness (QED) is 0.749. The first kappa shape index (κ1) is 14.1. The number of nitrogens with zero attached hydrogens (tertiary/aromatic N) is 1. The first-order chi connectivity index (χ1) is 7.57. The van der Waals surface area contributed by atoms with Crippen molar-refractivity contribution in [1.29, 1.82) is 5.26 Å². The molecule has 0 fully saturated rings. The average molecular weight is 304 g/mol. The zero-order chi connectivity index (χ0) is 13.4. The van der Waals surface area contributed by atoms with Crippen LogP contribution in [0, 0.1) is 11.3 Å². The van der Waals surface area contributed by atoms with Gasteiger partial charge in [0.15, 0.2) is 0 Å². The Morgan fingerprint density at radius 1 is 1.29 bits per heavy atom. The van der Waals surface area contributed by atoms with E-state index in [0.29, 0.717) is 6.07 Å². The molecule has 0 atom stereocenters. The Bertz CT molecular complexity index is 604. The van der Waals surface area contributed by atoms with Gasteiger partial charge in [0.1, 0.15) is 11.0 Å². The second-order valence-corrected chi connectivity index (χ2v) is 5.82. The van der Waals surface area contributed by atoms with Crippen molar-refractivity contribution in [2.75, 3.05) is 0 Å². The molecule has 3 nitrogen and oxygen atoms in total. The standard InChI is InChI=1S/C8H2Cl2F3NO2S/c9-6-1-4(8(11,12)13)2-7(5(6)3-14)17(10,15)16/h1-2H. The van der Waals surface area contributed by atoms with E-state index in [2.05, 4.69) is 0 Å². The van der Waals surface area contributed by atoms with Crippen LogP contribution in [-0.2, 0) is 15.2 Å². The molecule has 0 saturated carbocycles. The minimum absolute atomic E-state index is 0.271. The summed E-state index contributed by atoms with van der Waals surface area (Å²) in [5, 5.41) is 7.99. The van der Waals surface area contributed by atoms with Gasteiger partial charge in [-0.15, -0.1) is 0 Å². The van der Waals surface area contributed by atoms with E-state index in [1.807, 2.05) is 0 Å². The minimum atomic E-state index is -4.78. The van der Waals surface area contributed by atoms with Gasteiger partial charge in [0.05, 0.1) is 16.1 Å². The van der Waals surface area contributed by atoms with Crippen LogP contribution in [0.5, 0.6) is 0 Å². The third-order valence-corrected chi connectivity index (χ3v) is 3.40. The highest BCUT2D eigenvalue weighted by molar-refractivity contribution is 8.13. The van der Waals surface area contributed by atoms with E-state index in [1.54, 1.807) is 0 Å². The van der Waals surface area contributed by atoms with Gasteiger partial charge in [-0.1, -0.05) is 11.6 Å². The summed E-state index contributed by atoms with van der Waals surface area (Å²) in [4.78, 5) is -0.957. The minimum Gasteiger partial charge on any atom is -0.207 e. The lowest BCUT2D eigenvalue weighted by Gasteiger charge is -2.10. The summed E-state index contributed by atoms with van der Waals surface area (Å²) in [5.41, 5.74) is -1.91. The summed E-state index contributed by atoms with van der Waals surface area (Å²) >= 11 is 5.40. The zero-order valence-corrected chi connectivity index (χ0v) is 10.0. The maximum atomic E-state index is 12.4. The molecule has 1 rings (SSSR count). The van der Waals surface area contributed by atoms with Crippen LogP contribution in [0.1, 0.15) is 11.1 Å². The average Bonchev–Trinajstić information content (AvgIpc) is 2.13. The molecular formula is C8H2Cl2F3NO2S. The molecule has 9 heteroatoms. The van der Waals surface area contributed by atoms with E-state index < -0.39 is 36.3 Å². The first-order valence-electron chi connectivity index (χ1n) is 3.83. The van der Waals surface area contributed by atoms with Gasteiger partial charge in [-0.25, -0.2) is 8.42 Å². The summed E-state index contributed by atoms with van der Waals surface area (Å²) in [6.45, 7) is 0. The molecule has 0 aromatic heterocycles. The van der Waals surface area contributed by atoms with E-state index in [4.69, 9.17) is 27.5 Å². The highest BCUT2D eigenvalue weighted by Crippen LogP contribution is 2.36. The Hall–Kier alpha value is -0.970. The number of hydrogen-bond donors (Lipinski definition) is 0. The molecule has 1 aromatic carbocycles. The van der Waals surface area contributed by atoms with Crippen molar-refractivity contribution in [1.82, 2.24) is 0 Å². The fourth-order valence-electron chi connectivity index (χ4n) is 1.05. The molecule has 0 aliphatic rings. The van der Waals surface area contributed by atoms with Crippen molar-refractivity contribution < 1.29 is 21.6 Å². The van der Waals surface area contributed by atoms with Gasteiger partial charge in [-0.2, -0.15) is 18.4 Å². The van der Waals surface area contributed by atoms with E-state index in [0.717, 1.165) is 0 Å². The Kier molecular flexibility index (Phi) is 3.62. The van der Waals surface area contributed by atoms with E-state index >= 15 is 0 Å². The highest BCUT2D eigenvalue weighted by Gasteiger charge is 2.33. The van der Waals surface area contributed by atoms with Crippen molar-refractivity contribution >= 4 is 31.3 Å². The first-order valence-corrected chi connectivity index (χ1v) is 6.51. The molecule has 0 aliphatic heterocycles. The molecule has 0 amide bonds. The van der Waals surface area contributed by atoms with E-state index in [9.17, 15) is 21.6 Å². The largest absolute Gasteiger partial charge is 0.416 e. The number of nitriles is 1. The van der Waals surface area contributed by atoms with Crippen LogP contribution >= 0.6 is 22.3 Å². The van der Waals surface area contributed by atoms with Crippen LogP contribution in [0.15, 0.2) is 17.0 Å². The molecule has 0 saturated heterocycles. The number of hydrogen-bond acceptors (Lipinski definition) is 3. The van der Waals surface area contributed by atoms with Crippen molar-refractivity contribution in [3.05, 3.63) is 28.3 Å². The van der Waals surface area contributed by atoms with Crippen LogP contribution < -0.4 is 0 Å². The number of alkyl halides is 3. The summed E-state index contributed by atoms with van der Waals surface area (Å²) in [5.74, 6) is 0. The molecule has 0 unspecified atom stereocenters. The van der Waals surface area contributed by atoms with Gasteiger partial charge in [-0.05, 0) is 12.1 Å². The fourth-order valence-corrected chi connectivity index (χ4v) is 2.40. The van der Waals surface area contributed by atoms with Gasteiger partial charge < -0.3 is 0 Å². The molecule has 0 bridgehead atoms. The zero-order valence-electron chi connectivity index (χ0n) is 7.72. The molecule has 0 radical (unpaired) electrons.